The first-order chi connectivity index (χ1) is 9.97. The Bertz CT molecular complexity index is 432. The monoisotopic (exact) mass is 290 g/mol. The lowest BCUT2D eigenvalue weighted by molar-refractivity contribution is -0.0366. The fourth-order valence-corrected chi connectivity index (χ4v) is 3.10. The molecule has 3 nitrogen and oxygen atoms in total. The van der Waals surface area contributed by atoms with E-state index < -0.39 is 0 Å². The van der Waals surface area contributed by atoms with E-state index in [1.54, 1.807) is 0 Å². The van der Waals surface area contributed by atoms with E-state index in [0.29, 0.717) is 6.61 Å². The third-order valence-corrected chi connectivity index (χ3v) is 4.55. The second-order valence-electron chi connectivity index (χ2n) is 7.18. The third kappa shape index (κ3) is 3.85. The molecule has 3 heteroatoms. The van der Waals surface area contributed by atoms with Gasteiger partial charge in [0.2, 0.25) is 0 Å². The van der Waals surface area contributed by atoms with E-state index in [9.17, 15) is 0 Å². The molecular weight excluding hydrogens is 260 g/mol. The van der Waals surface area contributed by atoms with E-state index in [1.165, 1.54) is 30.4 Å². The Hall–Kier alpha value is -0.900. The summed E-state index contributed by atoms with van der Waals surface area (Å²) in [5.41, 5.74) is 5.65. The van der Waals surface area contributed by atoms with Gasteiger partial charge in [0.15, 0.2) is 0 Å². The minimum atomic E-state index is 0.0143. The van der Waals surface area contributed by atoms with Crippen molar-refractivity contribution >= 4 is 0 Å². The molecule has 3 N–H and O–H groups in total. The molecule has 1 aromatic carbocycles. The summed E-state index contributed by atoms with van der Waals surface area (Å²) in [6, 6.07) is 8.94. The van der Waals surface area contributed by atoms with Gasteiger partial charge in [0, 0.05) is 6.61 Å². The van der Waals surface area contributed by atoms with Crippen LogP contribution in [0.4, 0.5) is 0 Å². The third-order valence-electron chi connectivity index (χ3n) is 4.55. The molecule has 1 aliphatic carbocycles. The van der Waals surface area contributed by atoms with Crippen molar-refractivity contribution in [2.45, 2.75) is 65.0 Å². The highest BCUT2D eigenvalue weighted by Crippen LogP contribution is 2.37. The molecule has 0 spiro atoms. The van der Waals surface area contributed by atoms with E-state index in [0.717, 1.165) is 5.92 Å². The Kier molecular flexibility index (Phi) is 5.42. The van der Waals surface area contributed by atoms with Crippen molar-refractivity contribution in [3.63, 3.8) is 0 Å². The first kappa shape index (κ1) is 16.5. The molecule has 118 valence electrons. The van der Waals surface area contributed by atoms with E-state index in [1.807, 2.05) is 6.92 Å². The van der Waals surface area contributed by atoms with Crippen molar-refractivity contribution in [3.8, 4) is 0 Å². The van der Waals surface area contributed by atoms with Crippen LogP contribution in [0.25, 0.3) is 0 Å². The zero-order chi connectivity index (χ0) is 15.5. The van der Waals surface area contributed by atoms with E-state index in [4.69, 9.17) is 10.6 Å². The van der Waals surface area contributed by atoms with Crippen LogP contribution in [0.1, 0.15) is 70.0 Å². The predicted molar refractivity (Wildman–Crippen MR) is 88.0 cm³/mol. The smallest absolute Gasteiger partial charge is 0.0830 e. The van der Waals surface area contributed by atoms with Crippen LogP contribution in [0.5, 0.6) is 0 Å². The zero-order valence-electron chi connectivity index (χ0n) is 13.9. The van der Waals surface area contributed by atoms with Gasteiger partial charge in [-0.15, -0.1) is 0 Å². The molecule has 0 saturated heterocycles. The molecule has 2 rings (SSSR count). The number of hydrazine groups is 1. The molecule has 1 aliphatic rings. The normalized spacial score (nSPS) is 19.1. The van der Waals surface area contributed by atoms with Gasteiger partial charge in [0.05, 0.1) is 12.1 Å². The Morgan fingerprint density at radius 2 is 1.86 bits per heavy atom. The summed E-state index contributed by atoms with van der Waals surface area (Å²) in [6.45, 7) is 9.31. The van der Waals surface area contributed by atoms with E-state index in [2.05, 4.69) is 50.5 Å². The zero-order valence-corrected chi connectivity index (χ0v) is 13.9. The maximum absolute atomic E-state index is 5.98. The Balaban J connectivity index is 2.18. The van der Waals surface area contributed by atoms with Gasteiger partial charge in [0.25, 0.3) is 0 Å². The SMILES string of the molecule is CCOC(C(NN)c1ccc(C2CCC2)cc1)C(C)(C)C. The average Bonchev–Trinajstić information content (AvgIpc) is 2.37. The van der Waals surface area contributed by atoms with Gasteiger partial charge in [-0.05, 0) is 42.2 Å². The van der Waals surface area contributed by atoms with Crippen molar-refractivity contribution in [2.24, 2.45) is 11.3 Å². The van der Waals surface area contributed by atoms with Crippen molar-refractivity contribution in [3.05, 3.63) is 35.4 Å². The molecule has 0 aliphatic heterocycles. The Labute approximate surface area is 129 Å². The van der Waals surface area contributed by atoms with Crippen LogP contribution in [0, 0.1) is 5.41 Å². The predicted octanol–water partition coefficient (Wildman–Crippen LogP) is 3.91. The number of nitrogens with one attached hydrogen (secondary N) is 1. The molecule has 0 heterocycles. The fourth-order valence-electron chi connectivity index (χ4n) is 3.10. The van der Waals surface area contributed by atoms with Crippen LogP contribution < -0.4 is 11.3 Å². The van der Waals surface area contributed by atoms with Crippen molar-refractivity contribution in [1.82, 2.24) is 5.43 Å². The van der Waals surface area contributed by atoms with Gasteiger partial charge in [0.1, 0.15) is 0 Å². The second-order valence-corrected chi connectivity index (χ2v) is 7.18. The highest BCUT2D eigenvalue weighted by molar-refractivity contribution is 5.29. The number of benzene rings is 1. The molecule has 0 radical (unpaired) electrons. The minimum Gasteiger partial charge on any atom is -0.376 e. The first-order valence-corrected chi connectivity index (χ1v) is 8.15. The molecule has 1 saturated carbocycles. The minimum absolute atomic E-state index is 0.0143. The number of hydrogen-bond donors (Lipinski definition) is 2. The first-order valence-electron chi connectivity index (χ1n) is 8.15. The van der Waals surface area contributed by atoms with E-state index >= 15 is 0 Å². The van der Waals surface area contributed by atoms with Crippen LogP contribution >= 0.6 is 0 Å². The van der Waals surface area contributed by atoms with Crippen LogP contribution in [0.15, 0.2) is 24.3 Å². The van der Waals surface area contributed by atoms with Crippen LogP contribution in [-0.4, -0.2) is 12.7 Å². The topological polar surface area (TPSA) is 47.3 Å². The lowest BCUT2D eigenvalue weighted by Crippen LogP contribution is -2.44. The maximum Gasteiger partial charge on any atom is 0.0830 e. The van der Waals surface area contributed by atoms with Gasteiger partial charge in [-0.25, -0.2) is 0 Å². The summed E-state index contributed by atoms with van der Waals surface area (Å²) in [6.07, 6.45) is 4.08. The standard InChI is InChI=1S/C18H30N2O/c1-5-21-17(18(2,3)4)16(20-19)15-11-9-14(10-12-15)13-7-6-8-13/h9-13,16-17,20H,5-8,19H2,1-4H3. The quantitative estimate of drug-likeness (QED) is 0.617. The van der Waals surface area contributed by atoms with Crippen LogP contribution in [-0.2, 0) is 4.74 Å². The lowest BCUT2D eigenvalue weighted by atomic mass is 9.78. The fraction of sp³-hybridized carbons (Fsp3) is 0.667. The number of ether oxygens (including phenoxy) is 1. The summed E-state index contributed by atoms with van der Waals surface area (Å²) < 4.78 is 5.98. The van der Waals surface area contributed by atoms with Crippen LogP contribution in [0.2, 0.25) is 0 Å². The maximum atomic E-state index is 5.98. The van der Waals surface area contributed by atoms with Gasteiger partial charge in [-0.1, -0.05) is 51.5 Å². The summed E-state index contributed by atoms with van der Waals surface area (Å²) in [5.74, 6) is 6.61. The summed E-state index contributed by atoms with van der Waals surface area (Å²) >= 11 is 0. The van der Waals surface area contributed by atoms with Gasteiger partial charge >= 0.3 is 0 Å². The van der Waals surface area contributed by atoms with E-state index in [-0.39, 0.29) is 17.6 Å². The summed E-state index contributed by atoms with van der Waals surface area (Å²) in [7, 11) is 0. The highest BCUT2D eigenvalue weighted by Gasteiger charge is 2.33. The number of hydrogen-bond acceptors (Lipinski definition) is 3. The van der Waals surface area contributed by atoms with Crippen molar-refractivity contribution < 1.29 is 4.74 Å². The Morgan fingerprint density at radius 3 is 2.24 bits per heavy atom. The number of nitrogens with two attached hydrogens (primary N) is 1. The molecule has 0 aromatic heterocycles. The van der Waals surface area contributed by atoms with Gasteiger partial charge in [-0.3, -0.25) is 11.3 Å². The molecule has 2 atom stereocenters. The lowest BCUT2D eigenvalue weighted by Gasteiger charge is -2.37. The molecule has 0 amide bonds. The largest absolute Gasteiger partial charge is 0.376 e. The Morgan fingerprint density at radius 1 is 1.24 bits per heavy atom. The molecular formula is C18H30N2O. The van der Waals surface area contributed by atoms with Crippen molar-refractivity contribution in [2.75, 3.05) is 6.61 Å². The molecule has 1 fully saturated rings. The molecule has 2 unspecified atom stereocenters. The van der Waals surface area contributed by atoms with Gasteiger partial charge in [-0.2, -0.15) is 0 Å². The molecule has 21 heavy (non-hydrogen) atoms. The molecule has 0 bridgehead atoms. The summed E-state index contributed by atoms with van der Waals surface area (Å²) in [5, 5.41) is 0. The average molecular weight is 290 g/mol. The summed E-state index contributed by atoms with van der Waals surface area (Å²) in [4.78, 5) is 0. The highest BCUT2D eigenvalue weighted by atomic mass is 16.5. The molecule has 1 aromatic rings. The number of rotatable bonds is 6. The van der Waals surface area contributed by atoms with Crippen LogP contribution in [0.3, 0.4) is 0 Å². The second kappa shape index (κ2) is 6.91. The van der Waals surface area contributed by atoms with Gasteiger partial charge < -0.3 is 4.74 Å². The van der Waals surface area contributed by atoms with Crippen molar-refractivity contribution in [1.29, 1.82) is 0 Å².